The maximum Gasteiger partial charge on any atom is 0.322 e. The van der Waals surface area contributed by atoms with Gasteiger partial charge in [-0.1, -0.05) is 73.2 Å². The molecular formula is C31H29N5O. The second-order valence-electron chi connectivity index (χ2n) is 9.39. The van der Waals surface area contributed by atoms with Crippen molar-refractivity contribution in [3.05, 3.63) is 131 Å². The van der Waals surface area contributed by atoms with Crippen molar-refractivity contribution in [2.75, 3.05) is 5.32 Å². The molecule has 1 aliphatic rings. The average molecular weight is 488 g/mol. The molecule has 0 radical (unpaired) electrons. The van der Waals surface area contributed by atoms with Crippen molar-refractivity contribution in [2.24, 2.45) is 0 Å². The highest BCUT2D eigenvalue weighted by molar-refractivity contribution is 5.90. The third-order valence-electron chi connectivity index (χ3n) is 6.98. The Hall–Kier alpha value is -4.58. The number of carbonyl (C=O) groups is 1. The first-order valence-corrected chi connectivity index (χ1v) is 12.7. The van der Waals surface area contributed by atoms with Crippen LogP contribution in [0.1, 0.15) is 41.0 Å². The van der Waals surface area contributed by atoms with E-state index in [0.29, 0.717) is 6.54 Å². The van der Waals surface area contributed by atoms with Crippen molar-refractivity contribution in [2.45, 2.75) is 32.9 Å². The lowest BCUT2D eigenvalue weighted by molar-refractivity contribution is 0.194. The number of hydrogen-bond acceptors (Lipinski definition) is 2. The van der Waals surface area contributed by atoms with Gasteiger partial charge in [0.25, 0.3) is 0 Å². The summed E-state index contributed by atoms with van der Waals surface area (Å²) >= 11 is 0. The molecule has 1 unspecified atom stereocenters. The first-order valence-electron chi connectivity index (χ1n) is 12.7. The number of para-hydroxylation sites is 2. The molecule has 3 aromatic carbocycles. The van der Waals surface area contributed by atoms with Gasteiger partial charge in [0.1, 0.15) is 5.82 Å². The van der Waals surface area contributed by atoms with Crippen LogP contribution in [0.25, 0.3) is 11.5 Å². The number of urea groups is 1. The molecule has 37 heavy (non-hydrogen) atoms. The highest BCUT2D eigenvalue weighted by Gasteiger charge is 2.36. The molecule has 6 heteroatoms. The van der Waals surface area contributed by atoms with Crippen molar-refractivity contribution in [3.8, 4) is 11.5 Å². The maximum absolute atomic E-state index is 14.0. The number of anilines is 1. The van der Waals surface area contributed by atoms with E-state index in [1.54, 1.807) is 0 Å². The van der Waals surface area contributed by atoms with Gasteiger partial charge in [-0.3, -0.25) is 0 Å². The molecule has 0 aliphatic carbocycles. The van der Waals surface area contributed by atoms with E-state index in [9.17, 15) is 4.79 Å². The van der Waals surface area contributed by atoms with E-state index < -0.39 is 0 Å². The van der Waals surface area contributed by atoms with Crippen LogP contribution >= 0.6 is 0 Å². The van der Waals surface area contributed by atoms with Gasteiger partial charge in [0, 0.05) is 17.4 Å². The quantitative estimate of drug-likeness (QED) is 0.308. The molecule has 0 fully saturated rings. The summed E-state index contributed by atoms with van der Waals surface area (Å²) < 4.78 is 4.22. The summed E-state index contributed by atoms with van der Waals surface area (Å²) in [6.07, 6.45) is 2.84. The minimum atomic E-state index is -0.277. The fourth-order valence-electron chi connectivity index (χ4n) is 5.16. The van der Waals surface area contributed by atoms with Gasteiger partial charge in [-0.15, -0.1) is 0 Å². The number of rotatable bonds is 4. The number of nitrogens with zero attached hydrogens (tertiary/aromatic N) is 4. The Balaban J connectivity index is 1.56. The first-order chi connectivity index (χ1) is 18.1. The third kappa shape index (κ3) is 4.10. The SMILES string of the molecule is CCc1nn(-c2ccccc2)c2c1CN(C(=O)Nc1ccccc1)C(c1ccc(C)cc1)c1cccn1-2. The lowest BCUT2D eigenvalue weighted by atomic mass is 10.0. The summed E-state index contributed by atoms with van der Waals surface area (Å²) in [5.74, 6) is 0.982. The molecule has 0 saturated carbocycles. The minimum Gasteiger partial charge on any atom is -0.308 e. The number of hydrogen-bond donors (Lipinski definition) is 1. The number of amides is 2. The van der Waals surface area contributed by atoms with E-state index in [1.165, 1.54) is 5.56 Å². The Morgan fingerprint density at radius 1 is 0.919 bits per heavy atom. The lowest BCUT2D eigenvalue weighted by Crippen LogP contribution is -2.38. The summed E-state index contributed by atoms with van der Waals surface area (Å²) in [4.78, 5) is 15.9. The van der Waals surface area contributed by atoms with Gasteiger partial charge < -0.3 is 14.8 Å². The maximum atomic E-state index is 14.0. The van der Waals surface area contributed by atoms with Gasteiger partial charge in [-0.05, 0) is 55.3 Å². The van der Waals surface area contributed by atoms with Crippen LogP contribution in [-0.2, 0) is 13.0 Å². The largest absolute Gasteiger partial charge is 0.322 e. The number of fused-ring (bicyclic) bond motifs is 3. The fraction of sp³-hybridized carbons (Fsp3) is 0.161. The molecule has 184 valence electrons. The summed E-state index contributed by atoms with van der Waals surface area (Å²) in [6, 6.07) is 32.0. The number of nitrogens with one attached hydrogen (secondary N) is 1. The van der Waals surface area contributed by atoms with Crippen LogP contribution in [0, 0.1) is 6.92 Å². The highest BCUT2D eigenvalue weighted by atomic mass is 16.2. The number of carbonyl (C=O) groups excluding carboxylic acids is 1. The number of aryl methyl sites for hydroxylation is 2. The molecule has 1 N–H and O–H groups in total. The van der Waals surface area contributed by atoms with Crippen LogP contribution in [-0.4, -0.2) is 25.3 Å². The van der Waals surface area contributed by atoms with Crippen molar-refractivity contribution in [1.29, 1.82) is 0 Å². The van der Waals surface area contributed by atoms with Crippen molar-refractivity contribution in [1.82, 2.24) is 19.2 Å². The Morgan fingerprint density at radius 2 is 1.62 bits per heavy atom. The summed E-state index contributed by atoms with van der Waals surface area (Å²) in [6.45, 7) is 4.63. The van der Waals surface area contributed by atoms with Gasteiger partial charge in [0.2, 0.25) is 0 Å². The third-order valence-corrected chi connectivity index (χ3v) is 6.98. The second kappa shape index (κ2) is 9.47. The van der Waals surface area contributed by atoms with Gasteiger partial charge >= 0.3 is 6.03 Å². The zero-order valence-electron chi connectivity index (χ0n) is 21.0. The molecule has 1 aliphatic heterocycles. The number of aromatic nitrogens is 3. The van der Waals surface area contributed by atoms with Gasteiger partial charge in [0.05, 0.1) is 29.7 Å². The van der Waals surface area contributed by atoms with Gasteiger partial charge in [-0.2, -0.15) is 5.10 Å². The molecule has 6 nitrogen and oxygen atoms in total. The molecule has 0 bridgehead atoms. The fourth-order valence-corrected chi connectivity index (χ4v) is 5.16. The van der Waals surface area contributed by atoms with E-state index in [1.807, 2.05) is 64.2 Å². The van der Waals surface area contributed by atoms with Crippen LogP contribution in [0.15, 0.2) is 103 Å². The highest BCUT2D eigenvalue weighted by Crippen LogP contribution is 2.39. The standard InChI is InChI=1S/C31H29N5O/c1-3-27-26-21-35(31(37)32-24-11-6-4-7-12-24)29(23-18-16-22(2)17-19-23)28-15-10-20-34(28)30(26)36(33-27)25-13-8-5-9-14-25/h4-20,29H,3,21H2,1-2H3,(H,32,37). The Labute approximate surface area is 216 Å². The Bertz CT molecular complexity index is 1530. The van der Waals surface area contributed by atoms with Crippen molar-refractivity contribution in [3.63, 3.8) is 0 Å². The lowest BCUT2D eigenvalue weighted by Gasteiger charge is -2.31. The van der Waals surface area contributed by atoms with Crippen molar-refractivity contribution < 1.29 is 4.79 Å². The molecule has 2 amide bonds. The first kappa shape index (κ1) is 22.9. The normalized spacial score (nSPS) is 14.5. The zero-order chi connectivity index (χ0) is 25.4. The monoisotopic (exact) mass is 487 g/mol. The molecule has 0 spiro atoms. The van der Waals surface area contributed by atoms with Gasteiger partial charge in [0.15, 0.2) is 0 Å². The smallest absolute Gasteiger partial charge is 0.308 e. The van der Waals surface area contributed by atoms with E-state index >= 15 is 0 Å². The molecule has 3 heterocycles. The topological polar surface area (TPSA) is 55.1 Å². The molecule has 2 aromatic heterocycles. The molecule has 0 saturated heterocycles. The zero-order valence-corrected chi connectivity index (χ0v) is 21.0. The molecule has 1 atom stereocenters. The van der Waals surface area contributed by atoms with Crippen LogP contribution in [0.2, 0.25) is 0 Å². The summed E-state index contributed by atoms with van der Waals surface area (Å²) in [5.41, 5.74) is 7.08. The Morgan fingerprint density at radius 3 is 2.32 bits per heavy atom. The predicted octanol–water partition coefficient (Wildman–Crippen LogP) is 6.67. The summed E-state index contributed by atoms with van der Waals surface area (Å²) in [7, 11) is 0. The average Bonchev–Trinajstić information content (AvgIpc) is 3.51. The summed E-state index contributed by atoms with van der Waals surface area (Å²) in [5, 5.41) is 8.16. The molecular weight excluding hydrogens is 458 g/mol. The van der Waals surface area contributed by atoms with E-state index in [4.69, 9.17) is 5.10 Å². The Kier molecular flexibility index (Phi) is 5.85. The van der Waals surface area contributed by atoms with E-state index in [2.05, 4.69) is 72.4 Å². The second-order valence-corrected chi connectivity index (χ2v) is 9.39. The van der Waals surface area contributed by atoms with Crippen LogP contribution in [0.4, 0.5) is 10.5 Å². The molecule has 6 rings (SSSR count). The van der Waals surface area contributed by atoms with Gasteiger partial charge in [-0.25, -0.2) is 9.48 Å². The predicted molar refractivity (Wildman–Crippen MR) is 146 cm³/mol. The van der Waals surface area contributed by atoms with Crippen LogP contribution < -0.4 is 5.32 Å². The number of benzene rings is 3. The van der Waals surface area contributed by atoms with Crippen LogP contribution in [0.5, 0.6) is 0 Å². The minimum absolute atomic E-state index is 0.146. The van der Waals surface area contributed by atoms with Crippen LogP contribution in [0.3, 0.4) is 0 Å². The molecule has 5 aromatic rings. The van der Waals surface area contributed by atoms with E-state index in [0.717, 1.165) is 46.1 Å². The van der Waals surface area contributed by atoms with Crippen molar-refractivity contribution >= 4 is 11.7 Å². The van der Waals surface area contributed by atoms with E-state index in [-0.39, 0.29) is 12.1 Å².